The Hall–Kier alpha value is -1.30. The summed E-state index contributed by atoms with van der Waals surface area (Å²) in [6.07, 6.45) is 0.666. The molecule has 18 heavy (non-hydrogen) atoms. The summed E-state index contributed by atoms with van der Waals surface area (Å²) in [5, 5.41) is 22.7. The molecule has 0 spiro atoms. The molecule has 1 unspecified atom stereocenters. The maximum Gasteiger partial charge on any atom is 0.160 e. The topological polar surface area (TPSA) is 71.0 Å². The third-order valence-corrected chi connectivity index (χ3v) is 3.11. The van der Waals surface area contributed by atoms with E-state index in [1.165, 1.54) is 7.11 Å². The Morgan fingerprint density at radius 1 is 1.50 bits per heavy atom. The van der Waals surface area contributed by atoms with Gasteiger partial charge in [0.1, 0.15) is 5.60 Å². The van der Waals surface area contributed by atoms with Crippen molar-refractivity contribution in [2.75, 3.05) is 26.9 Å². The van der Waals surface area contributed by atoms with E-state index in [-0.39, 0.29) is 5.75 Å². The van der Waals surface area contributed by atoms with Crippen molar-refractivity contribution in [3.63, 3.8) is 0 Å². The van der Waals surface area contributed by atoms with Crippen molar-refractivity contribution < 1.29 is 19.7 Å². The normalized spacial score (nSPS) is 23.2. The van der Waals surface area contributed by atoms with Crippen molar-refractivity contribution in [3.8, 4) is 11.5 Å². The molecule has 1 aliphatic heterocycles. The summed E-state index contributed by atoms with van der Waals surface area (Å²) in [4.78, 5) is 0. The van der Waals surface area contributed by atoms with Crippen LogP contribution in [-0.2, 0) is 11.3 Å². The number of ether oxygens (including phenoxy) is 2. The first-order chi connectivity index (χ1) is 8.63. The van der Waals surface area contributed by atoms with Gasteiger partial charge in [-0.25, -0.2) is 0 Å². The minimum absolute atomic E-state index is 0.129. The average molecular weight is 253 g/mol. The lowest BCUT2D eigenvalue weighted by Gasteiger charge is -2.20. The highest BCUT2D eigenvalue weighted by Crippen LogP contribution is 2.26. The van der Waals surface area contributed by atoms with Crippen molar-refractivity contribution in [2.45, 2.75) is 18.6 Å². The van der Waals surface area contributed by atoms with Crippen LogP contribution in [0.3, 0.4) is 0 Å². The van der Waals surface area contributed by atoms with E-state index in [9.17, 15) is 10.2 Å². The molecule has 1 fully saturated rings. The molecule has 2 rings (SSSR count). The van der Waals surface area contributed by atoms with Gasteiger partial charge < -0.3 is 25.0 Å². The molecule has 1 saturated heterocycles. The van der Waals surface area contributed by atoms with Gasteiger partial charge >= 0.3 is 0 Å². The van der Waals surface area contributed by atoms with Gasteiger partial charge in [-0.05, 0) is 17.7 Å². The molecule has 0 radical (unpaired) electrons. The van der Waals surface area contributed by atoms with Crippen LogP contribution in [-0.4, -0.2) is 42.7 Å². The smallest absolute Gasteiger partial charge is 0.160 e. The van der Waals surface area contributed by atoms with Crippen LogP contribution in [0.25, 0.3) is 0 Å². The fourth-order valence-corrected chi connectivity index (χ4v) is 2.01. The maximum absolute atomic E-state index is 10.1. The molecule has 0 bridgehead atoms. The van der Waals surface area contributed by atoms with Crippen LogP contribution in [0.4, 0.5) is 0 Å². The second kappa shape index (κ2) is 5.56. The number of benzene rings is 1. The standard InChI is InChI=1S/C13H19NO4/c1-17-12-6-10(2-3-11(12)15)7-14-8-13(16)4-5-18-9-13/h2-3,6,14-16H,4-5,7-9H2,1H3. The number of aliphatic hydroxyl groups is 1. The molecule has 1 aliphatic rings. The summed E-state index contributed by atoms with van der Waals surface area (Å²) in [5.74, 6) is 0.585. The van der Waals surface area contributed by atoms with Crippen molar-refractivity contribution in [1.82, 2.24) is 5.32 Å². The monoisotopic (exact) mass is 253 g/mol. The third-order valence-electron chi connectivity index (χ3n) is 3.11. The molecule has 1 heterocycles. The van der Waals surface area contributed by atoms with Gasteiger partial charge in [0.25, 0.3) is 0 Å². The largest absolute Gasteiger partial charge is 0.504 e. The van der Waals surface area contributed by atoms with E-state index in [2.05, 4.69) is 5.32 Å². The van der Waals surface area contributed by atoms with Crippen LogP contribution < -0.4 is 10.1 Å². The van der Waals surface area contributed by atoms with Crippen molar-refractivity contribution >= 4 is 0 Å². The molecule has 0 amide bonds. The van der Waals surface area contributed by atoms with E-state index < -0.39 is 5.60 Å². The van der Waals surface area contributed by atoms with Gasteiger partial charge in [-0.15, -0.1) is 0 Å². The quantitative estimate of drug-likeness (QED) is 0.718. The zero-order valence-corrected chi connectivity index (χ0v) is 10.5. The summed E-state index contributed by atoms with van der Waals surface area (Å²) < 4.78 is 10.2. The summed E-state index contributed by atoms with van der Waals surface area (Å²) in [7, 11) is 1.52. The summed E-state index contributed by atoms with van der Waals surface area (Å²) in [6, 6.07) is 5.20. The summed E-state index contributed by atoms with van der Waals surface area (Å²) >= 11 is 0. The number of nitrogens with one attached hydrogen (secondary N) is 1. The van der Waals surface area contributed by atoms with Crippen LogP contribution in [0.15, 0.2) is 18.2 Å². The fourth-order valence-electron chi connectivity index (χ4n) is 2.01. The number of hydrogen-bond acceptors (Lipinski definition) is 5. The molecule has 0 aromatic heterocycles. The van der Waals surface area contributed by atoms with Crippen LogP contribution in [0.1, 0.15) is 12.0 Å². The second-order valence-corrected chi connectivity index (χ2v) is 4.64. The van der Waals surface area contributed by atoms with Crippen LogP contribution in [0, 0.1) is 0 Å². The van der Waals surface area contributed by atoms with Gasteiger partial charge in [-0.1, -0.05) is 6.07 Å². The van der Waals surface area contributed by atoms with Gasteiger partial charge in [0.15, 0.2) is 11.5 Å². The molecule has 0 saturated carbocycles. The minimum Gasteiger partial charge on any atom is -0.504 e. The molecule has 1 atom stereocenters. The molecule has 100 valence electrons. The Morgan fingerprint density at radius 2 is 2.33 bits per heavy atom. The highest BCUT2D eigenvalue weighted by molar-refractivity contribution is 5.41. The van der Waals surface area contributed by atoms with E-state index >= 15 is 0 Å². The molecule has 5 heteroatoms. The summed E-state index contributed by atoms with van der Waals surface area (Å²) in [5.41, 5.74) is 0.244. The molecular weight excluding hydrogens is 234 g/mol. The van der Waals surface area contributed by atoms with Crippen molar-refractivity contribution in [1.29, 1.82) is 0 Å². The number of rotatable bonds is 5. The lowest BCUT2D eigenvalue weighted by atomic mass is 10.0. The Bertz CT molecular complexity index is 402. The predicted molar refractivity (Wildman–Crippen MR) is 66.8 cm³/mol. The number of aromatic hydroxyl groups is 1. The van der Waals surface area contributed by atoms with Crippen LogP contribution in [0.2, 0.25) is 0 Å². The molecular formula is C13H19NO4. The lowest BCUT2D eigenvalue weighted by molar-refractivity contribution is 0.0268. The maximum atomic E-state index is 10.1. The van der Waals surface area contributed by atoms with Gasteiger partial charge in [0, 0.05) is 26.1 Å². The first kappa shape index (κ1) is 13.1. The lowest BCUT2D eigenvalue weighted by Crippen LogP contribution is -2.40. The van der Waals surface area contributed by atoms with Gasteiger partial charge in [0.05, 0.1) is 13.7 Å². The molecule has 1 aromatic carbocycles. The van der Waals surface area contributed by atoms with Crippen LogP contribution >= 0.6 is 0 Å². The van der Waals surface area contributed by atoms with E-state index in [0.717, 1.165) is 5.56 Å². The van der Waals surface area contributed by atoms with E-state index in [4.69, 9.17) is 9.47 Å². The van der Waals surface area contributed by atoms with Crippen molar-refractivity contribution in [2.24, 2.45) is 0 Å². The molecule has 0 aliphatic carbocycles. The van der Waals surface area contributed by atoms with Crippen molar-refractivity contribution in [3.05, 3.63) is 23.8 Å². The zero-order chi connectivity index (χ0) is 13.0. The Morgan fingerprint density at radius 3 is 3.00 bits per heavy atom. The first-order valence-corrected chi connectivity index (χ1v) is 6.00. The minimum atomic E-state index is -0.749. The van der Waals surface area contributed by atoms with Gasteiger partial charge in [-0.2, -0.15) is 0 Å². The van der Waals surface area contributed by atoms with E-state index in [0.29, 0.717) is 38.5 Å². The highest BCUT2D eigenvalue weighted by Gasteiger charge is 2.31. The second-order valence-electron chi connectivity index (χ2n) is 4.64. The Kier molecular flexibility index (Phi) is 4.06. The molecule has 3 N–H and O–H groups in total. The van der Waals surface area contributed by atoms with Crippen LogP contribution in [0.5, 0.6) is 11.5 Å². The molecule has 5 nitrogen and oxygen atoms in total. The predicted octanol–water partition coefficient (Wildman–Crippen LogP) is 0.642. The Balaban J connectivity index is 1.86. The van der Waals surface area contributed by atoms with Gasteiger partial charge in [-0.3, -0.25) is 0 Å². The zero-order valence-electron chi connectivity index (χ0n) is 10.5. The van der Waals surface area contributed by atoms with E-state index in [1.807, 2.05) is 6.07 Å². The SMILES string of the molecule is COc1cc(CNCC2(O)CCOC2)ccc1O. The average Bonchev–Trinajstić information content (AvgIpc) is 2.78. The number of hydrogen-bond donors (Lipinski definition) is 3. The third kappa shape index (κ3) is 3.13. The Labute approximate surface area is 106 Å². The number of phenols is 1. The molecule has 1 aromatic rings. The number of phenolic OH excluding ortho intramolecular Hbond substituents is 1. The van der Waals surface area contributed by atoms with E-state index in [1.54, 1.807) is 12.1 Å². The van der Waals surface area contributed by atoms with Gasteiger partial charge in [0.2, 0.25) is 0 Å². The highest BCUT2D eigenvalue weighted by atomic mass is 16.5. The number of methoxy groups -OCH3 is 1. The fraction of sp³-hybridized carbons (Fsp3) is 0.538. The first-order valence-electron chi connectivity index (χ1n) is 6.00. The summed E-state index contributed by atoms with van der Waals surface area (Å²) in [6.45, 7) is 2.11.